The zero-order chi connectivity index (χ0) is 14.8. The number of benzene rings is 1. The Morgan fingerprint density at radius 3 is 3.00 bits per heavy atom. The summed E-state index contributed by atoms with van der Waals surface area (Å²) in [5.74, 6) is 0.0371. The first-order chi connectivity index (χ1) is 10.1. The van der Waals surface area contributed by atoms with Gasteiger partial charge in [-0.05, 0) is 18.9 Å². The number of carbonyl (C=O) groups is 1. The summed E-state index contributed by atoms with van der Waals surface area (Å²) >= 11 is 0. The number of ether oxygens (including phenoxy) is 2. The Kier molecular flexibility index (Phi) is 3.61. The van der Waals surface area contributed by atoms with Crippen molar-refractivity contribution in [3.05, 3.63) is 22.2 Å². The van der Waals surface area contributed by atoms with Crippen molar-refractivity contribution < 1.29 is 19.2 Å². The minimum absolute atomic E-state index is 0.0238. The molecule has 8 heteroatoms. The van der Waals surface area contributed by atoms with Crippen molar-refractivity contribution in [2.75, 3.05) is 30.5 Å². The molecule has 1 amide bonds. The molecule has 112 valence electrons. The lowest BCUT2D eigenvalue weighted by atomic mass is 10.1. The summed E-state index contributed by atoms with van der Waals surface area (Å²) in [4.78, 5) is 22.1. The van der Waals surface area contributed by atoms with Crippen LogP contribution in [0.1, 0.15) is 12.8 Å². The average molecular weight is 293 g/mol. The smallest absolute Gasteiger partial charge is 0.296 e. The van der Waals surface area contributed by atoms with Crippen LogP contribution in [0.25, 0.3) is 0 Å². The first-order valence-electron chi connectivity index (χ1n) is 6.73. The van der Waals surface area contributed by atoms with Crippen molar-refractivity contribution in [1.29, 1.82) is 0 Å². The Morgan fingerprint density at radius 2 is 2.29 bits per heavy atom. The summed E-state index contributed by atoms with van der Waals surface area (Å²) in [6.07, 6.45) is 1.80. The van der Waals surface area contributed by atoms with Gasteiger partial charge in [0, 0.05) is 12.6 Å². The highest BCUT2D eigenvalue weighted by Crippen LogP contribution is 2.38. The van der Waals surface area contributed by atoms with Crippen LogP contribution in [0.15, 0.2) is 12.1 Å². The molecule has 1 atom stereocenters. The second-order valence-electron chi connectivity index (χ2n) is 5.02. The Hall–Kier alpha value is -2.35. The van der Waals surface area contributed by atoms with Gasteiger partial charge >= 0.3 is 0 Å². The minimum atomic E-state index is -0.466. The zero-order valence-electron chi connectivity index (χ0n) is 11.3. The maximum Gasteiger partial charge on any atom is 0.296 e. The van der Waals surface area contributed by atoms with Gasteiger partial charge in [-0.25, -0.2) is 0 Å². The maximum atomic E-state index is 11.3. The summed E-state index contributed by atoms with van der Waals surface area (Å²) in [5.41, 5.74) is 0.728. The Bertz CT molecular complexity index is 583. The van der Waals surface area contributed by atoms with Gasteiger partial charge < -0.3 is 20.1 Å². The summed E-state index contributed by atoms with van der Waals surface area (Å²) < 4.78 is 10.6. The van der Waals surface area contributed by atoms with Gasteiger partial charge in [-0.3, -0.25) is 14.9 Å². The van der Waals surface area contributed by atoms with E-state index in [-0.39, 0.29) is 24.2 Å². The molecule has 2 N–H and O–H groups in total. The monoisotopic (exact) mass is 293 g/mol. The Morgan fingerprint density at radius 1 is 1.43 bits per heavy atom. The number of amides is 1. The van der Waals surface area contributed by atoms with Gasteiger partial charge in [-0.2, -0.15) is 0 Å². The number of rotatable bonds is 3. The number of fused-ring (bicyclic) bond motifs is 1. The fourth-order valence-electron chi connectivity index (χ4n) is 2.46. The fourth-order valence-corrected chi connectivity index (χ4v) is 2.46. The molecule has 1 fully saturated rings. The lowest BCUT2D eigenvalue weighted by molar-refractivity contribution is -0.384. The molecule has 0 spiro atoms. The van der Waals surface area contributed by atoms with Crippen molar-refractivity contribution in [3.8, 4) is 5.75 Å². The van der Waals surface area contributed by atoms with E-state index in [1.807, 2.05) is 0 Å². The fraction of sp³-hybridized carbons (Fsp3) is 0.462. The van der Waals surface area contributed by atoms with Gasteiger partial charge in [-0.1, -0.05) is 0 Å². The molecular weight excluding hydrogens is 278 g/mol. The topological polar surface area (TPSA) is 103 Å². The molecule has 2 heterocycles. The second-order valence-corrected chi connectivity index (χ2v) is 5.02. The number of hydrogen-bond donors (Lipinski definition) is 2. The van der Waals surface area contributed by atoms with E-state index in [9.17, 15) is 14.9 Å². The van der Waals surface area contributed by atoms with Gasteiger partial charge in [0.05, 0.1) is 23.3 Å². The zero-order valence-corrected chi connectivity index (χ0v) is 11.3. The number of nitrogens with one attached hydrogen (secondary N) is 2. The van der Waals surface area contributed by atoms with E-state index in [4.69, 9.17) is 9.47 Å². The van der Waals surface area contributed by atoms with Crippen LogP contribution in [0, 0.1) is 10.1 Å². The van der Waals surface area contributed by atoms with E-state index in [1.54, 1.807) is 6.07 Å². The molecule has 0 saturated carbocycles. The highest BCUT2D eigenvalue weighted by Gasteiger charge is 2.25. The normalized spacial score (nSPS) is 21.0. The first kappa shape index (κ1) is 13.6. The van der Waals surface area contributed by atoms with Gasteiger partial charge in [0.15, 0.2) is 12.4 Å². The van der Waals surface area contributed by atoms with Crippen LogP contribution in [0.5, 0.6) is 5.75 Å². The SMILES string of the molecule is O=C1COc2cc([N+](=O)[O-])c(NC3CCCOC3)cc2N1. The molecule has 0 bridgehead atoms. The average Bonchev–Trinajstić information content (AvgIpc) is 2.47. The molecule has 1 aromatic carbocycles. The third kappa shape index (κ3) is 2.89. The summed E-state index contributed by atoms with van der Waals surface area (Å²) in [6, 6.07) is 2.90. The van der Waals surface area contributed by atoms with Crippen molar-refractivity contribution >= 4 is 23.0 Å². The third-order valence-electron chi connectivity index (χ3n) is 3.45. The Balaban J connectivity index is 1.91. The second kappa shape index (κ2) is 5.57. The van der Waals surface area contributed by atoms with E-state index in [1.165, 1.54) is 6.07 Å². The lowest BCUT2D eigenvalue weighted by Crippen LogP contribution is -2.30. The molecule has 0 aromatic heterocycles. The van der Waals surface area contributed by atoms with Gasteiger partial charge in [-0.15, -0.1) is 0 Å². The lowest BCUT2D eigenvalue weighted by Gasteiger charge is -2.25. The van der Waals surface area contributed by atoms with E-state index in [2.05, 4.69) is 10.6 Å². The third-order valence-corrected chi connectivity index (χ3v) is 3.45. The summed E-state index contributed by atoms with van der Waals surface area (Å²) in [6.45, 7) is 1.10. The minimum Gasteiger partial charge on any atom is -0.481 e. The molecule has 3 rings (SSSR count). The number of nitrogens with zero attached hydrogens (tertiary/aromatic N) is 1. The van der Waals surface area contributed by atoms with Crippen molar-refractivity contribution in [2.24, 2.45) is 0 Å². The molecule has 0 aliphatic carbocycles. The Labute approximate surface area is 120 Å². The number of nitro benzene ring substituents is 1. The van der Waals surface area contributed by atoms with Crippen LogP contribution in [0.2, 0.25) is 0 Å². The van der Waals surface area contributed by atoms with E-state index >= 15 is 0 Å². The molecule has 2 aliphatic heterocycles. The van der Waals surface area contributed by atoms with Gasteiger partial charge in [0.25, 0.3) is 11.6 Å². The van der Waals surface area contributed by atoms with Gasteiger partial charge in [0.1, 0.15) is 5.69 Å². The van der Waals surface area contributed by atoms with Crippen LogP contribution in [-0.2, 0) is 9.53 Å². The van der Waals surface area contributed by atoms with Crippen molar-refractivity contribution in [1.82, 2.24) is 0 Å². The summed E-state index contributed by atoms with van der Waals surface area (Å²) in [7, 11) is 0. The number of carbonyl (C=O) groups excluding carboxylic acids is 1. The number of hydrogen-bond acceptors (Lipinski definition) is 6. The van der Waals surface area contributed by atoms with E-state index in [0.29, 0.717) is 30.3 Å². The highest BCUT2D eigenvalue weighted by molar-refractivity contribution is 5.96. The standard InChI is InChI=1S/C13H15N3O5/c17-13-7-21-12-5-11(16(18)19)9(4-10(12)15-13)14-8-2-1-3-20-6-8/h4-5,8,14H,1-3,6-7H2,(H,15,17). The molecule has 2 aliphatic rings. The molecule has 21 heavy (non-hydrogen) atoms. The molecule has 1 unspecified atom stereocenters. The molecular formula is C13H15N3O5. The van der Waals surface area contributed by atoms with Crippen LogP contribution < -0.4 is 15.4 Å². The van der Waals surface area contributed by atoms with Crippen molar-refractivity contribution in [3.63, 3.8) is 0 Å². The van der Waals surface area contributed by atoms with Gasteiger partial charge in [0.2, 0.25) is 0 Å². The number of nitro groups is 1. The quantitative estimate of drug-likeness (QED) is 0.647. The molecule has 8 nitrogen and oxygen atoms in total. The van der Waals surface area contributed by atoms with E-state index < -0.39 is 4.92 Å². The highest BCUT2D eigenvalue weighted by atomic mass is 16.6. The van der Waals surface area contributed by atoms with Crippen LogP contribution in [0.3, 0.4) is 0 Å². The molecule has 0 radical (unpaired) electrons. The largest absolute Gasteiger partial charge is 0.481 e. The maximum absolute atomic E-state index is 11.3. The van der Waals surface area contributed by atoms with E-state index in [0.717, 1.165) is 12.8 Å². The predicted octanol–water partition coefficient (Wildman–Crippen LogP) is 1.52. The predicted molar refractivity (Wildman–Crippen MR) is 74.7 cm³/mol. The first-order valence-corrected chi connectivity index (χ1v) is 6.73. The van der Waals surface area contributed by atoms with Crippen LogP contribution in [-0.4, -0.2) is 36.7 Å². The summed E-state index contributed by atoms with van der Waals surface area (Å²) in [5, 5.41) is 17.0. The molecule has 1 saturated heterocycles. The van der Waals surface area contributed by atoms with Crippen LogP contribution in [0.4, 0.5) is 17.1 Å². The number of anilines is 2. The molecule has 1 aromatic rings. The van der Waals surface area contributed by atoms with Crippen LogP contribution >= 0.6 is 0 Å². The van der Waals surface area contributed by atoms with Crippen molar-refractivity contribution in [2.45, 2.75) is 18.9 Å².